The molecular weight excluding hydrogens is 273 g/mol. The third-order valence-electron chi connectivity index (χ3n) is 2.18. The fourth-order valence-electron chi connectivity index (χ4n) is 1.34. The average Bonchev–Trinajstić information content (AvgIpc) is 2.37. The molecule has 0 aliphatic carbocycles. The summed E-state index contributed by atoms with van der Waals surface area (Å²) < 4.78 is 65.8. The second kappa shape index (κ2) is 4.30. The van der Waals surface area contributed by atoms with Gasteiger partial charge in [-0.05, 0) is 0 Å². The number of halogens is 5. The van der Waals surface area contributed by atoms with Gasteiger partial charge in [-0.15, -0.1) is 10.2 Å². The van der Waals surface area contributed by atoms with Gasteiger partial charge in [-0.1, -0.05) is 0 Å². The van der Waals surface area contributed by atoms with Crippen molar-refractivity contribution in [2.75, 3.05) is 11.5 Å². The van der Waals surface area contributed by atoms with E-state index in [-0.39, 0.29) is 0 Å². The maximum absolute atomic E-state index is 13.5. The van der Waals surface area contributed by atoms with E-state index in [9.17, 15) is 22.0 Å². The molecule has 1 heterocycles. The summed E-state index contributed by atoms with van der Waals surface area (Å²) in [4.78, 5) is 3.32. The quantitative estimate of drug-likeness (QED) is 0.467. The van der Waals surface area contributed by atoms with Crippen LogP contribution in [0.1, 0.15) is 0 Å². The molecule has 0 saturated heterocycles. The van der Waals surface area contributed by atoms with Gasteiger partial charge in [0.25, 0.3) is 0 Å². The molecule has 0 bridgehead atoms. The lowest BCUT2D eigenvalue weighted by Gasteiger charge is -2.08. The van der Waals surface area contributed by atoms with Gasteiger partial charge in [-0.2, -0.15) is 4.98 Å². The van der Waals surface area contributed by atoms with Crippen LogP contribution < -0.4 is 11.5 Å². The Bertz CT molecular complexity index is 646. The molecule has 0 aliphatic rings. The minimum atomic E-state index is -2.28. The molecule has 0 radical (unpaired) electrons. The van der Waals surface area contributed by atoms with Crippen LogP contribution in [-0.2, 0) is 0 Å². The zero-order valence-corrected chi connectivity index (χ0v) is 8.89. The highest BCUT2D eigenvalue weighted by atomic mass is 19.2. The van der Waals surface area contributed by atoms with Crippen molar-refractivity contribution in [2.24, 2.45) is 0 Å². The second-order valence-electron chi connectivity index (χ2n) is 3.35. The summed E-state index contributed by atoms with van der Waals surface area (Å²) in [6.07, 6.45) is 0. The summed E-state index contributed by atoms with van der Waals surface area (Å²) in [5.41, 5.74) is 8.27. The summed E-state index contributed by atoms with van der Waals surface area (Å²) in [7, 11) is 0. The van der Waals surface area contributed by atoms with Gasteiger partial charge in [0.05, 0.1) is 5.56 Å². The molecule has 0 spiro atoms. The minimum Gasteiger partial charge on any atom is -0.382 e. The summed E-state index contributed by atoms with van der Waals surface area (Å²) >= 11 is 0. The van der Waals surface area contributed by atoms with Crippen molar-refractivity contribution in [3.8, 4) is 11.3 Å². The lowest BCUT2D eigenvalue weighted by Crippen LogP contribution is -2.09. The normalized spacial score (nSPS) is 10.8. The van der Waals surface area contributed by atoms with Crippen LogP contribution in [0.4, 0.5) is 33.7 Å². The van der Waals surface area contributed by atoms with E-state index >= 15 is 0 Å². The van der Waals surface area contributed by atoms with E-state index in [1.807, 2.05) is 0 Å². The first kappa shape index (κ1) is 12.9. The fraction of sp³-hybridized carbons (Fsp3) is 0. The number of anilines is 2. The minimum absolute atomic E-state index is 0.412. The van der Waals surface area contributed by atoms with Crippen LogP contribution >= 0.6 is 0 Å². The maximum Gasteiger partial charge on any atom is 0.242 e. The van der Waals surface area contributed by atoms with Gasteiger partial charge in [0.2, 0.25) is 11.8 Å². The van der Waals surface area contributed by atoms with Crippen LogP contribution in [-0.4, -0.2) is 15.2 Å². The van der Waals surface area contributed by atoms with Gasteiger partial charge in [0, 0.05) is 0 Å². The first-order valence-corrected chi connectivity index (χ1v) is 4.62. The number of nitrogens with zero attached hydrogens (tertiary/aromatic N) is 3. The monoisotopic (exact) mass is 277 g/mol. The molecule has 0 saturated carbocycles. The van der Waals surface area contributed by atoms with E-state index in [1.165, 1.54) is 0 Å². The Morgan fingerprint density at radius 2 is 1.16 bits per heavy atom. The summed E-state index contributed by atoms with van der Waals surface area (Å²) in [5.74, 6) is -11.7. The van der Waals surface area contributed by atoms with Crippen molar-refractivity contribution in [1.82, 2.24) is 15.2 Å². The SMILES string of the molecule is Nc1nnc(-c2c(F)c(F)c(F)c(F)c2F)c(N)n1. The zero-order valence-electron chi connectivity index (χ0n) is 8.89. The highest BCUT2D eigenvalue weighted by Crippen LogP contribution is 2.32. The third-order valence-corrected chi connectivity index (χ3v) is 2.18. The molecule has 2 aromatic rings. The molecule has 0 amide bonds. The van der Waals surface area contributed by atoms with Crippen LogP contribution in [0.25, 0.3) is 11.3 Å². The Kier molecular flexibility index (Phi) is 2.92. The summed E-state index contributed by atoms with van der Waals surface area (Å²) in [6.45, 7) is 0. The van der Waals surface area contributed by atoms with Crippen LogP contribution in [0.2, 0.25) is 0 Å². The fourth-order valence-corrected chi connectivity index (χ4v) is 1.34. The summed E-state index contributed by atoms with van der Waals surface area (Å²) in [6, 6.07) is 0. The molecule has 1 aromatic heterocycles. The van der Waals surface area contributed by atoms with E-state index in [0.29, 0.717) is 0 Å². The predicted molar refractivity (Wildman–Crippen MR) is 53.9 cm³/mol. The average molecular weight is 277 g/mol. The van der Waals surface area contributed by atoms with Gasteiger partial charge in [0.15, 0.2) is 29.1 Å². The van der Waals surface area contributed by atoms with Crippen molar-refractivity contribution in [1.29, 1.82) is 0 Å². The third kappa shape index (κ3) is 1.90. The number of nitrogens with two attached hydrogens (primary N) is 2. The number of hydrogen-bond acceptors (Lipinski definition) is 5. The molecule has 100 valence electrons. The van der Waals surface area contributed by atoms with Crippen LogP contribution in [0.5, 0.6) is 0 Å². The Hall–Kier alpha value is -2.52. The Morgan fingerprint density at radius 1 is 0.684 bits per heavy atom. The highest BCUT2D eigenvalue weighted by molar-refractivity contribution is 5.71. The van der Waals surface area contributed by atoms with E-state index in [1.54, 1.807) is 0 Å². The van der Waals surface area contributed by atoms with Crippen molar-refractivity contribution >= 4 is 11.8 Å². The molecule has 4 N–H and O–H groups in total. The number of nitrogen functional groups attached to an aromatic ring is 2. The largest absolute Gasteiger partial charge is 0.382 e. The Labute approximate surface area is 102 Å². The smallest absolute Gasteiger partial charge is 0.242 e. The van der Waals surface area contributed by atoms with Gasteiger partial charge in [0.1, 0.15) is 5.69 Å². The molecule has 10 heteroatoms. The van der Waals surface area contributed by atoms with Gasteiger partial charge in [-0.3, -0.25) is 0 Å². The van der Waals surface area contributed by atoms with Gasteiger partial charge >= 0.3 is 0 Å². The van der Waals surface area contributed by atoms with E-state index in [4.69, 9.17) is 11.5 Å². The number of benzene rings is 1. The molecule has 1 aromatic carbocycles. The van der Waals surface area contributed by atoms with Crippen molar-refractivity contribution < 1.29 is 22.0 Å². The molecule has 0 aliphatic heterocycles. The Morgan fingerprint density at radius 3 is 1.63 bits per heavy atom. The van der Waals surface area contributed by atoms with Gasteiger partial charge < -0.3 is 11.5 Å². The van der Waals surface area contributed by atoms with Crippen LogP contribution in [0.3, 0.4) is 0 Å². The van der Waals surface area contributed by atoms with Crippen molar-refractivity contribution in [2.45, 2.75) is 0 Å². The van der Waals surface area contributed by atoms with Crippen LogP contribution in [0.15, 0.2) is 0 Å². The first-order valence-electron chi connectivity index (χ1n) is 4.62. The van der Waals surface area contributed by atoms with E-state index in [0.717, 1.165) is 0 Å². The van der Waals surface area contributed by atoms with E-state index < -0.39 is 52.1 Å². The molecular formula is C9H4F5N5. The molecule has 0 fully saturated rings. The summed E-state index contributed by atoms with van der Waals surface area (Å²) in [5, 5.41) is 6.33. The predicted octanol–water partition coefficient (Wildman–Crippen LogP) is 1.40. The van der Waals surface area contributed by atoms with Crippen molar-refractivity contribution in [3.05, 3.63) is 29.1 Å². The topological polar surface area (TPSA) is 90.7 Å². The number of rotatable bonds is 1. The first-order chi connectivity index (χ1) is 8.84. The van der Waals surface area contributed by atoms with Crippen molar-refractivity contribution in [3.63, 3.8) is 0 Å². The Balaban J connectivity index is 2.83. The molecule has 2 rings (SSSR count). The molecule has 19 heavy (non-hydrogen) atoms. The van der Waals surface area contributed by atoms with Crippen LogP contribution in [0, 0.1) is 29.1 Å². The van der Waals surface area contributed by atoms with Gasteiger partial charge in [-0.25, -0.2) is 22.0 Å². The lowest BCUT2D eigenvalue weighted by atomic mass is 10.1. The molecule has 0 atom stereocenters. The standard InChI is InChI=1S/C9H4F5N5/c10-2-1(3(11)5(13)6(14)4(2)12)7-8(15)17-9(16)19-18-7/h(H4,15,16,17,19). The lowest BCUT2D eigenvalue weighted by molar-refractivity contribution is 0.381. The second-order valence-corrected chi connectivity index (χ2v) is 3.35. The van der Waals surface area contributed by atoms with E-state index in [2.05, 4.69) is 15.2 Å². The highest BCUT2D eigenvalue weighted by Gasteiger charge is 2.29. The number of hydrogen-bond donors (Lipinski definition) is 2. The zero-order chi connectivity index (χ0) is 14.3. The molecule has 5 nitrogen and oxygen atoms in total. The maximum atomic E-state index is 13.5. The molecule has 0 unspecified atom stereocenters. The number of aromatic nitrogens is 3.